The Labute approximate surface area is 119 Å². The van der Waals surface area contributed by atoms with Gasteiger partial charge in [-0.05, 0) is 19.2 Å². The molecule has 0 aliphatic rings. The van der Waals surface area contributed by atoms with Crippen LogP contribution in [0.15, 0.2) is 36.4 Å². The normalized spacial score (nSPS) is 10.4. The zero-order valence-electron chi connectivity index (χ0n) is 11.1. The van der Waals surface area contributed by atoms with Crippen LogP contribution in [0.1, 0.15) is 5.56 Å². The summed E-state index contributed by atoms with van der Waals surface area (Å²) in [4.78, 5) is 10.2. The largest absolute Gasteiger partial charge is 0.447 e. The number of halogens is 2. The first-order chi connectivity index (χ1) is 10.0. The van der Waals surface area contributed by atoms with E-state index in [4.69, 9.17) is 4.74 Å². The minimum Gasteiger partial charge on any atom is -0.447 e. The van der Waals surface area contributed by atoms with Gasteiger partial charge in [0.15, 0.2) is 11.6 Å². The van der Waals surface area contributed by atoms with Crippen molar-refractivity contribution in [3.8, 4) is 11.5 Å². The third kappa shape index (κ3) is 3.32. The minimum atomic E-state index is -0.715. The van der Waals surface area contributed by atoms with Crippen LogP contribution in [0.5, 0.6) is 11.5 Å². The van der Waals surface area contributed by atoms with Gasteiger partial charge >= 0.3 is 5.69 Å². The molecule has 5 nitrogen and oxygen atoms in total. The second-order valence-electron chi connectivity index (χ2n) is 4.23. The van der Waals surface area contributed by atoms with E-state index in [-0.39, 0.29) is 11.5 Å². The van der Waals surface area contributed by atoms with Crippen molar-refractivity contribution < 1.29 is 18.4 Å². The average Bonchev–Trinajstić information content (AvgIpc) is 2.42. The number of para-hydroxylation sites is 1. The Kier molecular flexibility index (Phi) is 4.44. The third-order valence-corrected chi connectivity index (χ3v) is 2.75. The molecule has 21 heavy (non-hydrogen) atoms. The van der Waals surface area contributed by atoms with Gasteiger partial charge in [-0.15, -0.1) is 0 Å². The van der Waals surface area contributed by atoms with Gasteiger partial charge in [-0.2, -0.15) is 0 Å². The van der Waals surface area contributed by atoms with Crippen molar-refractivity contribution in [1.29, 1.82) is 0 Å². The lowest BCUT2D eigenvalue weighted by Gasteiger charge is -2.12. The Morgan fingerprint density at radius 3 is 2.71 bits per heavy atom. The molecule has 7 heteroatoms. The molecule has 0 spiro atoms. The van der Waals surface area contributed by atoms with Gasteiger partial charge in [0.1, 0.15) is 5.82 Å². The molecule has 0 aromatic heterocycles. The zero-order valence-corrected chi connectivity index (χ0v) is 11.1. The van der Waals surface area contributed by atoms with E-state index in [1.807, 2.05) is 0 Å². The summed E-state index contributed by atoms with van der Waals surface area (Å²) in [6.07, 6.45) is 0. The summed E-state index contributed by atoms with van der Waals surface area (Å²) in [7, 11) is 1.67. The first-order valence-corrected chi connectivity index (χ1v) is 6.06. The quantitative estimate of drug-likeness (QED) is 0.678. The Bertz CT molecular complexity index is 677. The van der Waals surface area contributed by atoms with E-state index in [0.29, 0.717) is 12.1 Å². The fourth-order valence-electron chi connectivity index (χ4n) is 1.83. The highest BCUT2D eigenvalue weighted by molar-refractivity contribution is 5.50. The number of nitro benzene ring substituents is 1. The van der Waals surface area contributed by atoms with Crippen molar-refractivity contribution >= 4 is 5.69 Å². The van der Waals surface area contributed by atoms with Gasteiger partial charge in [0.05, 0.1) is 4.92 Å². The number of nitrogens with one attached hydrogen (secondary N) is 1. The highest BCUT2D eigenvalue weighted by atomic mass is 19.1. The number of ether oxygens (including phenoxy) is 1. The van der Waals surface area contributed by atoms with E-state index in [1.54, 1.807) is 13.1 Å². The number of benzene rings is 2. The molecule has 0 atom stereocenters. The van der Waals surface area contributed by atoms with Crippen molar-refractivity contribution in [3.05, 3.63) is 63.7 Å². The number of hydrogen-bond acceptors (Lipinski definition) is 4. The number of nitro groups is 1. The molecular weight excluding hydrogens is 282 g/mol. The first-order valence-electron chi connectivity index (χ1n) is 6.06. The Morgan fingerprint density at radius 2 is 2.05 bits per heavy atom. The van der Waals surface area contributed by atoms with E-state index in [1.165, 1.54) is 12.1 Å². The van der Waals surface area contributed by atoms with Gasteiger partial charge in [-0.25, -0.2) is 8.78 Å². The van der Waals surface area contributed by atoms with Crippen LogP contribution in [-0.4, -0.2) is 12.0 Å². The molecule has 1 N–H and O–H groups in total. The summed E-state index contributed by atoms with van der Waals surface area (Å²) in [6.45, 7) is 0.302. The smallest absolute Gasteiger partial charge is 0.311 e. The lowest BCUT2D eigenvalue weighted by atomic mass is 10.2. The molecule has 0 unspecified atom stereocenters. The van der Waals surface area contributed by atoms with Crippen LogP contribution in [-0.2, 0) is 6.54 Å². The molecule has 0 radical (unpaired) electrons. The number of nitrogens with zero attached hydrogens (tertiary/aromatic N) is 1. The molecule has 0 amide bonds. The van der Waals surface area contributed by atoms with E-state index < -0.39 is 22.2 Å². The maximum atomic E-state index is 13.9. The number of hydrogen-bond donors (Lipinski definition) is 1. The summed E-state index contributed by atoms with van der Waals surface area (Å²) in [5.41, 5.74) is 0.0334. The van der Waals surface area contributed by atoms with Crippen LogP contribution in [0.3, 0.4) is 0 Å². The molecule has 0 saturated carbocycles. The molecule has 0 fully saturated rings. The average molecular weight is 294 g/mol. The van der Waals surface area contributed by atoms with Crippen LogP contribution in [0.25, 0.3) is 0 Å². The van der Waals surface area contributed by atoms with Crippen LogP contribution < -0.4 is 10.1 Å². The van der Waals surface area contributed by atoms with Crippen molar-refractivity contribution in [3.63, 3.8) is 0 Å². The Balaban J connectivity index is 2.47. The molecule has 2 rings (SSSR count). The summed E-state index contributed by atoms with van der Waals surface area (Å²) in [5, 5.41) is 13.7. The van der Waals surface area contributed by atoms with Crippen LogP contribution >= 0.6 is 0 Å². The van der Waals surface area contributed by atoms with Crippen molar-refractivity contribution in [2.45, 2.75) is 6.54 Å². The fraction of sp³-hybridized carbons (Fsp3) is 0.143. The van der Waals surface area contributed by atoms with Gasteiger partial charge in [-0.3, -0.25) is 10.1 Å². The molecule has 0 aliphatic heterocycles. The maximum absolute atomic E-state index is 13.9. The maximum Gasteiger partial charge on any atom is 0.311 e. The lowest BCUT2D eigenvalue weighted by molar-refractivity contribution is -0.385. The summed E-state index contributed by atoms with van der Waals surface area (Å²) >= 11 is 0. The molecule has 0 saturated heterocycles. The van der Waals surface area contributed by atoms with Gasteiger partial charge in [0.25, 0.3) is 0 Å². The summed E-state index contributed by atoms with van der Waals surface area (Å²) in [6, 6.07) is 7.05. The molecule has 0 bridgehead atoms. The van der Waals surface area contributed by atoms with Crippen LogP contribution in [0.4, 0.5) is 14.5 Å². The van der Waals surface area contributed by atoms with E-state index in [9.17, 15) is 18.9 Å². The standard InChI is InChI=1S/C14H12F2N2O3/c1-17-8-9-3-2-4-11(16)14(9)21-13-7-10(15)5-6-12(13)18(19)20/h2-7,17H,8H2,1H3. The fourth-order valence-corrected chi connectivity index (χ4v) is 1.83. The van der Waals surface area contributed by atoms with Gasteiger partial charge in [0.2, 0.25) is 5.75 Å². The second kappa shape index (κ2) is 6.27. The van der Waals surface area contributed by atoms with Gasteiger partial charge < -0.3 is 10.1 Å². The Morgan fingerprint density at radius 1 is 1.29 bits per heavy atom. The summed E-state index contributed by atoms with van der Waals surface area (Å²) in [5.74, 6) is -1.90. The second-order valence-corrected chi connectivity index (χ2v) is 4.23. The molecule has 0 aliphatic carbocycles. The molecule has 2 aromatic carbocycles. The first kappa shape index (κ1) is 14.9. The third-order valence-electron chi connectivity index (χ3n) is 2.75. The van der Waals surface area contributed by atoms with Crippen LogP contribution in [0, 0.1) is 21.7 Å². The SMILES string of the molecule is CNCc1cccc(F)c1Oc1cc(F)ccc1[N+](=O)[O-]. The monoisotopic (exact) mass is 294 g/mol. The van der Waals surface area contributed by atoms with Crippen molar-refractivity contribution in [2.75, 3.05) is 7.05 Å². The van der Waals surface area contributed by atoms with E-state index >= 15 is 0 Å². The lowest BCUT2D eigenvalue weighted by Crippen LogP contribution is -2.07. The highest BCUT2D eigenvalue weighted by Gasteiger charge is 2.19. The van der Waals surface area contributed by atoms with Crippen molar-refractivity contribution in [1.82, 2.24) is 5.32 Å². The number of rotatable bonds is 5. The molecular formula is C14H12F2N2O3. The van der Waals surface area contributed by atoms with E-state index in [0.717, 1.165) is 18.2 Å². The summed E-state index contributed by atoms with van der Waals surface area (Å²) < 4.78 is 32.4. The molecule has 0 heterocycles. The van der Waals surface area contributed by atoms with Gasteiger partial charge in [-0.1, -0.05) is 12.1 Å². The highest BCUT2D eigenvalue weighted by Crippen LogP contribution is 2.34. The predicted molar refractivity (Wildman–Crippen MR) is 72.3 cm³/mol. The van der Waals surface area contributed by atoms with Crippen LogP contribution in [0.2, 0.25) is 0 Å². The Hall–Kier alpha value is -2.54. The molecule has 110 valence electrons. The zero-order chi connectivity index (χ0) is 15.4. The van der Waals surface area contributed by atoms with E-state index in [2.05, 4.69) is 5.32 Å². The van der Waals surface area contributed by atoms with Crippen molar-refractivity contribution in [2.24, 2.45) is 0 Å². The topological polar surface area (TPSA) is 64.4 Å². The predicted octanol–water partition coefficient (Wildman–Crippen LogP) is 3.38. The minimum absolute atomic E-state index is 0.166. The van der Waals surface area contributed by atoms with Gasteiger partial charge in [0, 0.05) is 24.2 Å². The molecule has 2 aromatic rings.